The zero-order chi connectivity index (χ0) is 32.3. The minimum atomic E-state index is -0.0313. The summed E-state index contributed by atoms with van der Waals surface area (Å²) in [5.41, 5.74) is 8.35. The molecule has 10 rings (SSSR count). The third-order valence-corrected chi connectivity index (χ3v) is 10.2. The van der Waals surface area contributed by atoms with Gasteiger partial charge in [0, 0.05) is 22.2 Å². The van der Waals surface area contributed by atoms with Crippen LogP contribution in [0.3, 0.4) is 0 Å². The van der Waals surface area contributed by atoms with Gasteiger partial charge in [-0.1, -0.05) is 140 Å². The van der Waals surface area contributed by atoms with Crippen LogP contribution in [0.2, 0.25) is 0 Å². The van der Waals surface area contributed by atoms with Gasteiger partial charge in [0.25, 0.3) is 0 Å². The Morgan fingerprint density at radius 1 is 0.449 bits per heavy atom. The molecule has 0 saturated carbocycles. The summed E-state index contributed by atoms with van der Waals surface area (Å²) in [4.78, 5) is 0. The van der Waals surface area contributed by atoms with Crippen LogP contribution < -0.4 is 10.6 Å². The molecule has 0 fully saturated rings. The van der Waals surface area contributed by atoms with Crippen LogP contribution in [-0.2, 0) is 0 Å². The highest BCUT2D eigenvalue weighted by molar-refractivity contribution is 6.28. The third-order valence-electron chi connectivity index (χ3n) is 10.2. The predicted molar refractivity (Wildman–Crippen MR) is 206 cm³/mol. The van der Waals surface area contributed by atoms with E-state index in [1.54, 1.807) is 0 Å². The lowest BCUT2D eigenvalue weighted by atomic mass is 9.97. The smallest absolute Gasteiger partial charge is 0.104 e. The maximum absolute atomic E-state index is 3.88. The van der Waals surface area contributed by atoms with Crippen molar-refractivity contribution in [1.82, 2.24) is 15.2 Å². The Labute approximate surface area is 284 Å². The van der Waals surface area contributed by atoms with E-state index in [0.29, 0.717) is 0 Å². The van der Waals surface area contributed by atoms with Gasteiger partial charge in [0.15, 0.2) is 0 Å². The molecule has 2 unspecified atom stereocenters. The average molecular weight is 628 g/mol. The molecular weight excluding hydrogens is 595 g/mol. The van der Waals surface area contributed by atoms with E-state index in [4.69, 9.17) is 0 Å². The number of rotatable bonds is 4. The van der Waals surface area contributed by atoms with Crippen molar-refractivity contribution in [2.75, 3.05) is 0 Å². The van der Waals surface area contributed by atoms with Crippen molar-refractivity contribution in [2.24, 2.45) is 0 Å². The molecule has 0 saturated heterocycles. The summed E-state index contributed by atoms with van der Waals surface area (Å²) in [7, 11) is 0. The number of fused-ring (bicyclic) bond motifs is 8. The van der Waals surface area contributed by atoms with E-state index in [2.05, 4.69) is 191 Å². The summed E-state index contributed by atoms with van der Waals surface area (Å²) < 4.78 is 2.44. The van der Waals surface area contributed by atoms with Crippen LogP contribution in [0.5, 0.6) is 0 Å². The molecule has 1 aliphatic rings. The van der Waals surface area contributed by atoms with Gasteiger partial charge in [-0.3, -0.25) is 5.32 Å². The van der Waals surface area contributed by atoms with Crippen molar-refractivity contribution in [1.29, 1.82) is 0 Å². The predicted octanol–water partition coefficient (Wildman–Crippen LogP) is 11.2. The summed E-state index contributed by atoms with van der Waals surface area (Å²) in [6.45, 7) is 0. The molecule has 3 nitrogen and oxygen atoms in total. The van der Waals surface area contributed by atoms with E-state index >= 15 is 0 Å². The Bertz CT molecular complexity index is 2630. The first-order valence-electron chi connectivity index (χ1n) is 17.0. The van der Waals surface area contributed by atoms with Crippen molar-refractivity contribution in [3.63, 3.8) is 0 Å². The Hall–Kier alpha value is -6.16. The Morgan fingerprint density at radius 2 is 1.02 bits per heavy atom. The normalized spacial score (nSPS) is 16.4. The van der Waals surface area contributed by atoms with Gasteiger partial charge in [-0.05, 0) is 85.4 Å². The first-order chi connectivity index (χ1) is 24.3. The van der Waals surface area contributed by atoms with Gasteiger partial charge < -0.3 is 9.88 Å². The fourth-order valence-electron chi connectivity index (χ4n) is 7.85. The number of hydrogen-bond donors (Lipinski definition) is 2. The summed E-state index contributed by atoms with van der Waals surface area (Å²) in [6, 6.07) is 61.7. The summed E-state index contributed by atoms with van der Waals surface area (Å²) in [5.74, 6) is 0. The highest BCUT2D eigenvalue weighted by atomic mass is 15.2. The molecule has 232 valence electrons. The fourth-order valence-corrected chi connectivity index (χ4v) is 7.85. The van der Waals surface area contributed by atoms with Gasteiger partial charge >= 0.3 is 0 Å². The molecule has 8 aromatic carbocycles. The third kappa shape index (κ3) is 4.62. The van der Waals surface area contributed by atoms with Crippen LogP contribution in [0, 0.1) is 0 Å². The molecule has 0 bridgehead atoms. The van der Waals surface area contributed by atoms with E-state index in [0.717, 1.165) is 11.4 Å². The van der Waals surface area contributed by atoms with E-state index in [1.807, 2.05) is 0 Å². The Morgan fingerprint density at radius 3 is 1.69 bits per heavy atom. The molecule has 9 aromatic rings. The number of aromatic nitrogens is 1. The lowest BCUT2D eigenvalue weighted by molar-refractivity contribution is 0.442. The lowest BCUT2D eigenvalue weighted by Gasteiger charge is -2.33. The average Bonchev–Trinajstić information content (AvgIpc) is 3.53. The minimum Gasteiger partial charge on any atom is -0.366 e. The molecule has 2 atom stereocenters. The quantitative estimate of drug-likeness (QED) is 0.203. The minimum absolute atomic E-state index is 0.0213. The first-order valence-corrected chi connectivity index (χ1v) is 17.0. The molecule has 0 radical (unpaired) electrons. The summed E-state index contributed by atoms with van der Waals surface area (Å²) in [5, 5.41) is 17.9. The van der Waals surface area contributed by atoms with Gasteiger partial charge in [-0.2, -0.15) is 0 Å². The van der Waals surface area contributed by atoms with Crippen LogP contribution >= 0.6 is 0 Å². The second-order valence-corrected chi connectivity index (χ2v) is 13.1. The molecule has 0 amide bonds. The van der Waals surface area contributed by atoms with E-state index in [1.165, 1.54) is 70.8 Å². The number of benzene rings is 8. The van der Waals surface area contributed by atoms with Gasteiger partial charge in [0.1, 0.15) is 6.17 Å². The van der Waals surface area contributed by atoms with E-state index in [-0.39, 0.29) is 12.2 Å². The number of hydrogen-bond acceptors (Lipinski definition) is 2. The van der Waals surface area contributed by atoms with Crippen LogP contribution in [0.4, 0.5) is 0 Å². The van der Waals surface area contributed by atoms with Crippen LogP contribution in [0.1, 0.15) is 28.9 Å². The Kier molecular flexibility index (Phi) is 6.39. The highest BCUT2D eigenvalue weighted by Crippen LogP contribution is 2.41. The molecule has 49 heavy (non-hydrogen) atoms. The SMILES string of the molecule is C1=C(c2ccc3ccccc3c2)NC(c2ccccc2)NC1c1ccc(-n2c3ccc4ccccc4c3c3c4ccccc4ccc32)cc1. The van der Waals surface area contributed by atoms with E-state index in [9.17, 15) is 0 Å². The second kappa shape index (κ2) is 11.2. The van der Waals surface area contributed by atoms with Crippen molar-refractivity contribution in [2.45, 2.75) is 12.2 Å². The zero-order valence-electron chi connectivity index (χ0n) is 26.8. The zero-order valence-corrected chi connectivity index (χ0v) is 26.8. The summed E-state index contributed by atoms with van der Waals surface area (Å²) >= 11 is 0. The molecule has 1 aliphatic heterocycles. The topological polar surface area (TPSA) is 29.0 Å². The maximum Gasteiger partial charge on any atom is 0.104 e. The second-order valence-electron chi connectivity index (χ2n) is 13.1. The monoisotopic (exact) mass is 627 g/mol. The molecule has 0 spiro atoms. The van der Waals surface area contributed by atoms with Crippen molar-refractivity contribution in [3.05, 3.63) is 193 Å². The maximum atomic E-state index is 3.88. The van der Waals surface area contributed by atoms with Crippen LogP contribution in [0.25, 0.3) is 65.5 Å². The molecule has 3 heteroatoms. The Balaban J connectivity index is 1.11. The number of nitrogens with one attached hydrogen (secondary N) is 2. The molecule has 0 aliphatic carbocycles. The van der Waals surface area contributed by atoms with Crippen molar-refractivity contribution < 1.29 is 0 Å². The summed E-state index contributed by atoms with van der Waals surface area (Å²) in [6.07, 6.45) is 2.30. The van der Waals surface area contributed by atoms with Gasteiger partial charge in [-0.25, -0.2) is 0 Å². The standard InChI is InChI=1S/C46H33N3/c1-2-13-34(14-3-1)46-47-40(29-41(48-46)36-19-18-30-10-4-5-15-35(30)28-36)33-20-24-37(25-21-33)49-42-26-22-31-11-6-8-16-38(31)44(42)45-39-17-9-7-12-32(39)23-27-43(45)49/h1-29,40,46-48H. The van der Waals surface area contributed by atoms with E-state index < -0.39 is 0 Å². The largest absolute Gasteiger partial charge is 0.366 e. The fraction of sp³-hybridized carbons (Fsp3) is 0.0435. The molecular formula is C46H33N3. The molecule has 1 aromatic heterocycles. The first kappa shape index (κ1) is 27.9. The highest BCUT2D eigenvalue weighted by Gasteiger charge is 2.25. The van der Waals surface area contributed by atoms with Gasteiger partial charge in [0.05, 0.1) is 17.1 Å². The number of nitrogens with zero attached hydrogens (tertiary/aromatic N) is 1. The van der Waals surface area contributed by atoms with Crippen LogP contribution in [-0.4, -0.2) is 4.57 Å². The van der Waals surface area contributed by atoms with Crippen molar-refractivity contribution >= 4 is 59.8 Å². The molecule has 2 heterocycles. The van der Waals surface area contributed by atoms with Crippen molar-refractivity contribution in [3.8, 4) is 5.69 Å². The lowest BCUT2D eigenvalue weighted by Crippen LogP contribution is -2.39. The van der Waals surface area contributed by atoms with Gasteiger partial charge in [-0.15, -0.1) is 0 Å². The van der Waals surface area contributed by atoms with Gasteiger partial charge in [0.2, 0.25) is 0 Å². The molecule has 2 N–H and O–H groups in total. The van der Waals surface area contributed by atoms with Crippen LogP contribution in [0.15, 0.2) is 176 Å².